The Balaban J connectivity index is 1.66. The number of halogens is 1. The number of piperidine rings is 1. The van der Waals surface area contributed by atoms with Crippen molar-refractivity contribution in [3.05, 3.63) is 69.2 Å². The van der Waals surface area contributed by atoms with Crippen molar-refractivity contribution in [1.82, 2.24) is 14.5 Å². The standard InChI is InChI=1S/C29H37ClN4O8S/c1-27(2,3)42-26(36)33-24(18-41-28(33,4)5)25(35)31-29(17-20-7-9-21(30)10-8-20)15-6-16-32(19-29)43(39,40)23-13-11-22(12-14-23)34(37)38/h7-14,24H,6,15-19H2,1-5H3,(H,31,35)/t24-,29+/m0/s1. The van der Waals surface area contributed by atoms with Crippen LogP contribution in [0.3, 0.4) is 0 Å². The fourth-order valence-electron chi connectivity index (χ4n) is 5.47. The van der Waals surface area contributed by atoms with Crippen molar-refractivity contribution in [1.29, 1.82) is 0 Å². The molecule has 0 saturated carbocycles. The maximum atomic E-state index is 14.0. The third-order valence-electron chi connectivity index (χ3n) is 7.45. The lowest BCUT2D eigenvalue weighted by atomic mass is 9.83. The van der Waals surface area contributed by atoms with Crippen LogP contribution in [0.5, 0.6) is 0 Å². The number of hydrogen-bond acceptors (Lipinski definition) is 8. The summed E-state index contributed by atoms with van der Waals surface area (Å²) in [5.41, 5.74) is -2.37. The molecule has 14 heteroatoms. The largest absolute Gasteiger partial charge is 0.444 e. The summed E-state index contributed by atoms with van der Waals surface area (Å²) in [5.74, 6) is -0.500. The molecule has 2 aliphatic heterocycles. The Hall–Kier alpha value is -3.26. The van der Waals surface area contributed by atoms with E-state index in [-0.39, 0.29) is 36.7 Å². The van der Waals surface area contributed by atoms with Gasteiger partial charge in [0.15, 0.2) is 0 Å². The number of benzene rings is 2. The van der Waals surface area contributed by atoms with Crippen molar-refractivity contribution in [2.45, 2.75) is 81.7 Å². The number of rotatable bonds is 7. The van der Waals surface area contributed by atoms with Gasteiger partial charge in [-0.2, -0.15) is 4.31 Å². The SMILES string of the molecule is CC(C)(C)OC(=O)N1[C@H](C(=O)N[C@@]2(Cc3ccc(Cl)cc3)CCCN(S(=O)(=O)c3ccc([N+](=O)[O-])cc3)C2)COC1(C)C. The van der Waals surface area contributed by atoms with Gasteiger partial charge in [-0.1, -0.05) is 23.7 Å². The molecule has 1 N–H and O–H groups in total. The Bertz CT molecular complexity index is 1480. The average molecular weight is 637 g/mol. The summed E-state index contributed by atoms with van der Waals surface area (Å²) in [4.78, 5) is 38.8. The Morgan fingerprint density at radius 2 is 1.77 bits per heavy atom. The number of hydrogen-bond donors (Lipinski definition) is 1. The van der Waals surface area contributed by atoms with Crippen molar-refractivity contribution >= 4 is 39.3 Å². The molecule has 0 bridgehead atoms. The molecule has 2 heterocycles. The molecule has 0 aliphatic carbocycles. The van der Waals surface area contributed by atoms with Crippen LogP contribution in [0, 0.1) is 10.1 Å². The molecule has 2 fully saturated rings. The molecule has 0 spiro atoms. The van der Waals surface area contributed by atoms with Crippen LogP contribution < -0.4 is 5.32 Å². The lowest BCUT2D eigenvalue weighted by molar-refractivity contribution is -0.384. The number of amides is 2. The van der Waals surface area contributed by atoms with Crippen molar-refractivity contribution < 1.29 is 32.4 Å². The minimum absolute atomic E-state index is 0.0654. The molecule has 2 amide bonds. The zero-order valence-electron chi connectivity index (χ0n) is 24.8. The lowest BCUT2D eigenvalue weighted by Gasteiger charge is -2.44. The summed E-state index contributed by atoms with van der Waals surface area (Å²) < 4.78 is 40.1. The first-order chi connectivity index (χ1) is 19.9. The van der Waals surface area contributed by atoms with Gasteiger partial charge in [0.05, 0.1) is 22.0 Å². The minimum Gasteiger partial charge on any atom is -0.444 e. The Kier molecular flexibility index (Phi) is 9.13. The zero-order chi connectivity index (χ0) is 31.8. The number of nitro groups is 1. The fraction of sp³-hybridized carbons (Fsp3) is 0.517. The number of nitrogens with one attached hydrogen (secondary N) is 1. The summed E-state index contributed by atoms with van der Waals surface area (Å²) in [6, 6.07) is 10.8. The van der Waals surface area contributed by atoms with E-state index in [9.17, 15) is 28.1 Å². The topological polar surface area (TPSA) is 148 Å². The molecule has 0 radical (unpaired) electrons. The summed E-state index contributed by atoms with van der Waals surface area (Å²) in [5, 5.41) is 14.7. The van der Waals surface area contributed by atoms with Crippen molar-refractivity contribution in [2.75, 3.05) is 19.7 Å². The minimum atomic E-state index is -4.06. The molecule has 4 rings (SSSR count). The van der Waals surface area contributed by atoms with Gasteiger partial charge in [-0.25, -0.2) is 13.2 Å². The third-order valence-corrected chi connectivity index (χ3v) is 9.56. The Morgan fingerprint density at radius 1 is 1.14 bits per heavy atom. The predicted molar refractivity (Wildman–Crippen MR) is 159 cm³/mol. The molecular weight excluding hydrogens is 600 g/mol. The van der Waals surface area contributed by atoms with Gasteiger partial charge in [0.2, 0.25) is 15.9 Å². The fourth-order valence-corrected chi connectivity index (χ4v) is 7.16. The molecule has 43 heavy (non-hydrogen) atoms. The van der Waals surface area contributed by atoms with Crippen LogP contribution in [-0.4, -0.2) is 77.1 Å². The molecule has 2 aromatic rings. The van der Waals surface area contributed by atoms with Crippen molar-refractivity contribution in [3.63, 3.8) is 0 Å². The predicted octanol–water partition coefficient (Wildman–Crippen LogP) is 4.50. The molecule has 234 valence electrons. The number of nitrogens with zero attached hydrogens (tertiary/aromatic N) is 3. The van der Waals surface area contributed by atoms with Crippen LogP contribution in [0.1, 0.15) is 53.0 Å². The van der Waals surface area contributed by atoms with Gasteiger partial charge in [0.1, 0.15) is 17.4 Å². The Labute approximate surface area is 256 Å². The molecule has 2 aliphatic rings. The highest BCUT2D eigenvalue weighted by Gasteiger charge is 2.51. The molecule has 2 aromatic carbocycles. The molecular formula is C29H37ClN4O8S. The summed E-state index contributed by atoms with van der Waals surface area (Å²) in [7, 11) is -4.06. The quantitative estimate of drug-likeness (QED) is 0.345. The average Bonchev–Trinajstić information content (AvgIpc) is 3.24. The highest BCUT2D eigenvalue weighted by molar-refractivity contribution is 7.89. The Morgan fingerprint density at radius 3 is 2.35 bits per heavy atom. The smallest absolute Gasteiger partial charge is 0.413 e. The van der Waals surface area contributed by atoms with Crippen LogP contribution >= 0.6 is 11.6 Å². The van der Waals surface area contributed by atoms with Crippen LogP contribution in [0.15, 0.2) is 53.4 Å². The van der Waals surface area contributed by atoms with E-state index >= 15 is 0 Å². The van der Waals surface area contributed by atoms with E-state index in [1.54, 1.807) is 46.8 Å². The van der Waals surface area contributed by atoms with Gasteiger partial charge < -0.3 is 14.8 Å². The number of carbonyl (C=O) groups excluding carboxylic acids is 2. The van der Waals surface area contributed by atoms with Crippen LogP contribution in [0.25, 0.3) is 0 Å². The van der Waals surface area contributed by atoms with Gasteiger partial charge in [0.25, 0.3) is 5.69 Å². The highest BCUT2D eigenvalue weighted by atomic mass is 35.5. The molecule has 0 aromatic heterocycles. The first-order valence-corrected chi connectivity index (χ1v) is 15.7. The maximum Gasteiger partial charge on any atom is 0.413 e. The molecule has 0 unspecified atom stereocenters. The molecule has 12 nitrogen and oxygen atoms in total. The maximum absolute atomic E-state index is 14.0. The third kappa shape index (κ3) is 7.46. The number of carbonyl (C=O) groups is 2. The van der Waals surface area contributed by atoms with Crippen molar-refractivity contribution in [2.24, 2.45) is 0 Å². The second-order valence-electron chi connectivity index (χ2n) is 12.4. The lowest BCUT2D eigenvalue weighted by Crippen LogP contribution is -2.64. The number of ether oxygens (including phenoxy) is 2. The summed E-state index contributed by atoms with van der Waals surface area (Å²) in [6.07, 6.45) is 0.471. The molecule has 2 atom stereocenters. The van der Waals surface area contributed by atoms with E-state index in [4.69, 9.17) is 21.1 Å². The summed E-state index contributed by atoms with van der Waals surface area (Å²) >= 11 is 6.10. The number of sulfonamides is 1. The van der Waals surface area contributed by atoms with Crippen LogP contribution in [-0.2, 0) is 30.7 Å². The van der Waals surface area contributed by atoms with Crippen LogP contribution in [0.4, 0.5) is 10.5 Å². The monoisotopic (exact) mass is 636 g/mol. The zero-order valence-corrected chi connectivity index (χ0v) is 26.4. The van der Waals surface area contributed by atoms with E-state index in [0.29, 0.717) is 17.9 Å². The van der Waals surface area contributed by atoms with E-state index < -0.39 is 49.9 Å². The summed E-state index contributed by atoms with van der Waals surface area (Å²) in [6.45, 7) is 8.60. The molecule has 2 saturated heterocycles. The van der Waals surface area contributed by atoms with E-state index in [1.807, 2.05) is 12.1 Å². The normalized spacial score (nSPS) is 22.7. The second-order valence-corrected chi connectivity index (χ2v) is 14.8. The first kappa shape index (κ1) is 32.6. The van der Waals surface area contributed by atoms with Crippen LogP contribution in [0.2, 0.25) is 5.02 Å². The van der Waals surface area contributed by atoms with Gasteiger partial charge in [0, 0.05) is 30.2 Å². The van der Waals surface area contributed by atoms with E-state index in [1.165, 1.54) is 21.3 Å². The van der Waals surface area contributed by atoms with Gasteiger partial charge in [-0.3, -0.25) is 19.8 Å². The number of non-ortho nitro benzene ring substituents is 1. The van der Waals surface area contributed by atoms with Gasteiger partial charge in [-0.05, 0) is 83.7 Å². The van der Waals surface area contributed by atoms with Gasteiger partial charge >= 0.3 is 6.09 Å². The second kappa shape index (κ2) is 12.0. The highest BCUT2D eigenvalue weighted by Crippen LogP contribution is 2.33. The first-order valence-electron chi connectivity index (χ1n) is 13.9. The van der Waals surface area contributed by atoms with Crippen molar-refractivity contribution in [3.8, 4) is 0 Å². The van der Waals surface area contributed by atoms with E-state index in [0.717, 1.165) is 17.7 Å². The van der Waals surface area contributed by atoms with Gasteiger partial charge in [-0.15, -0.1) is 0 Å². The van der Waals surface area contributed by atoms with E-state index in [2.05, 4.69) is 5.32 Å². The number of nitro benzene ring substituents is 1.